The Morgan fingerprint density at radius 2 is 1.69 bits per heavy atom. The van der Waals surface area contributed by atoms with Crippen molar-refractivity contribution in [1.29, 1.82) is 0 Å². The smallest absolute Gasteiger partial charge is 0.0620 e. The zero-order valence-electron chi connectivity index (χ0n) is 8.32. The van der Waals surface area contributed by atoms with Gasteiger partial charge in [-0.1, -0.05) is 0 Å². The van der Waals surface area contributed by atoms with Crippen LogP contribution in [0.3, 0.4) is 0 Å². The van der Waals surface area contributed by atoms with Crippen molar-refractivity contribution in [2.45, 2.75) is 32.0 Å². The normalized spacial score (nSPS) is 36.5. The molecule has 0 saturated carbocycles. The highest BCUT2D eigenvalue weighted by Crippen LogP contribution is 2.18. The van der Waals surface area contributed by atoms with E-state index >= 15 is 0 Å². The van der Waals surface area contributed by atoms with Crippen LogP contribution in [0, 0.1) is 0 Å². The van der Waals surface area contributed by atoms with Gasteiger partial charge in [0.1, 0.15) is 0 Å². The van der Waals surface area contributed by atoms with E-state index in [4.69, 9.17) is 4.74 Å². The molecule has 78 valence electrons. The Labute approximate surface area is 86.2 Å². The minimum Gasteiger partial charge on any atom is -0.378 e. The van der Waals surface area contributed by atoms with E-state index in [1.54, 1.807) is 0 Å². The quantitative estimate of drug-likeness (QED) is 0.676. The molecule has 3 nitrogen and oxygen atoms in total. The second-order valence-electron chi connectivity index (χ2n) is 3.99. The van der Waals surface area contributed by atoms with Crippen LogP contribution in [-0.4, -0.2) is 49.3 Å². The van der Waals surface area contributed by atoms with E-state index in [0.717, 1.165) is 32.3 Å². The van der Waals surface area contributed by atoms with Gasteiger partial charge in [0.25, 0.3) is 0 Å². The van der Waals surface area contributed by atoms with Crippen molar-refractivity contribution in [2.75, 3.05) is 26.3 Å². The summed E-state index contributed by atoms with van der Waals surface area (Å²) >= 11 is 0. The molecule has 0 aliphatic carbocycles. The lowest BCUT2D eigenvalue weighted by Crippen LogP contribution is -2.64. The Morgan fingerprint density at radius 3 is 2.08 bits per heavy atom. The Hall–Kier alpha value is 0.170. The van der Waals surface area contributed by atoms with Crippen molar-refractivity contribution in [1.82, 2.24) is 10.2 Å². The molecule has 0 aromatic heterocycles. The third-order valence-electron chi connectivity index (χ3n) is 2.92. The van der Waals surface area contributed by atoms with Gasteiger partial charge in [-0.25, -0.2) is 0 Å². The van der Waals surface area contributed by atoms with Gasteiger partial charge >= 0.3 is 0 Å². The van der Waals surface area contributed by atoms with Crippen LogP contribution in [0.2, 0.25) is 0 Å². The highest BCUT2D eigenvalue weighted by molar-refractivity contribution is 5.85. The third-order valence-corrected chi connectivity index (χ3v) is 2.92. The van der Waals surface area contributed by atoms with Gasteiger partial charge in [0.15, 0.2) is 0 Å². The summed E-state index contributed by atoms with van der Waals surface area (Å²) in [5, 5.41) is 3.32. The molecule has 4 heteroatoms. The minimum atomic E-state index is 0. The van der Waals surface area contributed by atoms with Crippen LogP contribution in [-0.2, 0) is 4.74 Å². The summed E-state index contributed by atoms with van der Waals surface area (Å²) in [6, 6.07) is 1.96. The molecule has 2 fully saturated rings. The van der Waals surface area contributed by atoms with Crippen LogP contribution < -0.4 is 5.32 Å². The second-order valence-corrected chi connectivity index (χ2v) is 3.99. The van der Waals surface area contributed by atoms with Crippen molar-refractivity contribution in [3.8, 4) is 0 Å². The summed E-state index contributed by atoms with van der Waals surface area (Å²) in [7, 11) is 0. The van der Waals surface area contributed by atoms with Crippen molar-refractivity contribution in [3.05, 3.63) is 0 Å². The molecule has 0 spiro atoms. The van der Waals surface area contributed by atoms with Crippen LogP contribution in [0.15, 0.2) is 0 Å². The van der Waals surface area contributed by atoms with Crippen LogP contribution in [0.25, 0.3) is 0 Å². The average molecular weight is 207 g/mol. The molecule has 2 unspecified atom stereocenters. The zero-order chi connectivity index (χ0) is 8.55. The summed E-state index contributed by atoms with van der Waals surface area (Å²) in [6.07, 6.45) is 0. The van der Waals surface area contributed by atoms with Crippen LogP contribution in [0.1, 0.15) is 13.8 Å². The molecule has 0 amide bonds. The number of nitrogens with zero attached hydrogens (tertiary/aromatic N) is 1. The van der Waals surface area contributed by atoms with Gasteiger partial charge in [0, 0.05) is 31.2 Å². The molecule has 1 N–H and O–H groups in total. The van der Waals surface area contributed by atoms with E-state index in [2.05, 4.69) is 24.1 Å². The van der Waals surface area contributed by atoms with Crippen LogP contribution in [0.4, 0.5) is 0 Å². The van der Waals surface area contributed by atoms with E-state index in [0.29, 0.717) is 12.1 Å². The number of hydrogen-bond acceptors (Lipinski definition) is 3. The van der Waals surface area contributed by atoms with Crippen molar-refractivity contribution in [3.63, 3.8) is 0 Å². The predicted molar refractivity (Wildman–Crippen MR) is 55.5 cm³/mol. The predicted octanol–water partition coefficient (Wildman–Crippen LogP) is 0.489. The van der Waals surface area contributed by atoms with Crippen molar-refractivity contribution >= 4 is 12.4 Å². The SMILES string of the molecule is CC1COCC(C)N1C1CNC1.Cl. The highest BCUT2D eigenvalue weighted by atomic mass is 35.5. The maximum Gasteiger partial charge on any atom is 0.0620 e. The zero-order valence-corrected chi connectivity index (χ0v) is 9.14. The first-order valence-corrected chi connectivity index (χ1v) is 4.85. The molecule has 2 saturated heterocycles. The van der Waals surface area contributed by atoms with E-state index < -0.39 is 0 Å². The minimum absolute atomic E-state index is 0. The molecule has 0 aromatic rings. The van der Waals surface area contributed by atoms with Gasteiger partial charge in [-0.15, -0.1) is 12.4 Å². The fraction of sp³-hybridized carbons (Fsp3) is 1.00. The lowest BCUT2D eigenvalue weighted by atomic mass is 10.0. The molecule has 2 atom stereocenters. The van der Waals surface area contributed by atoms with E-state index in [9.17, 15) is 0 Å². The molecular weight excluding hydrogens is 188 g/mol. The van der Waals surface area contributed by atoms with Gasteiger partial charge in [-0.2, -0.15) is 0 Å². The van der Waals surface area contributed by atoms with Crippen molar-refractivity contribution < 1.29 is 4.74 Å². The monoisotopic (exact) mass is 206 g/mol. The number of morpholine rings is 1. The van der Waals surface area contributed by atoms with Gasteiger partial charge in [-0.05, 0) is 13.8 Å². The number of rotatable bonds is 1. The largest absolute Gasteiger partial charge is 0.378 e. The maximum atomic E-state index is 5.48. The molecule has 2 aliphatic heterocycles. The first kappa shape index (κ1) is 11.2. The van der Waals surface area contributed by atoms with Gasteiger partial charge in [-0.3, -0.25) is 4.90 Å². The summed E-state index contributed by atoms with van der Waals surface area (Å²) in [5.74, 6) is 0. The Balaban J connectivity index is 0.000000845. The fourth-order valence-corrected chi connectivity index (χ4v) is 2.22. The lowest BCUT2D eigenvalue weighted by Gasteiger charge is -2.47. The molecule has 0 aromatic carbocycles. The highest BCUT2D eigenvalue weighted by Gasteiger charge is 2.34. The number of ether oxygens (including phenoxy) is 1. The second kappa shape index (κ2) is 4.60. The molecule has 0 bridgehead atoms. The summed E-state index contributed by atoms with van der Waals surface area (Å²) in [4.78, 5) is 2.60. The van der Waals surface area contributed by atoms with E-state index in [1.165, 1.54) is 0 Å². The van der Waals surface area contributed by atoms with Gasteiger partial charge in [0.2, 0.25) is 0 Å². The van der Waals surface area contributed by atoms with Crippen molar-refractivity contribution in [2.24, 2.45) is 0 Å². The molecule has 2 heterocycles. The molecule has 2 rings (SSSR count). The Kier molecular flexibility index (Phi) is 3.98. The van der Waals surface area contributed by atoms with Gasteiger partial charge in [0.05, 0.1) is 13.2 Å². The molecule has 13 heavy (non-hydrogen) atoms. The summed E-state index contributed by atoms with van der Waals surface area (Å²) < 4.78 is 5.48. The molecule has 0 radical (unpaired) electrons. The van der Waals surface area contributed by atoms with Crippen LogP contribution in [0.5, 0.6) is 0 Å². The standard InChI is InChI=1S/C9H18N2O.ClH/c1-7-5-12-6-8(2)11(7)9-3-10-4-9;/h7-10H,3-6H2,1-2H3;1H. The number of halogens is 1. The fourth-order valence-electron chi connectivity index (χ4n) is 2.22. The maximum absolute atomic E-state index is 5.48. The number of hydrogen-bond donors (Lipinski definition) is 1. The number of nitrogens with one attached hydrogen (secondary N) is 1. The summed E-state index contributed by atoms with van der Waals surface area (Å²) in [5.41, 5.74) is 0. The topological polar surface area (TPSA) is 24.5 Å². The Bertz CT molecular complexity index is 151. The first-order chi connectivity index (χ1) is 5.79. The van der Waals surface area contributed by atoms with Crippen LogP contribution >= 0.6 is 12.4 Å². The molecular formula is C9H19ClN2O. The summed E-state index contributed by atoms with van der Waals surface area (Å²) in [6.45, 7) is 8.65. The Morgan fingerprint density at radius 1 is 1.15 bits per heavy atom. The van der Waals surface area contributed by atoms with E-state index in [1.807, 2.05) is 0 Å². The lowest BCUT2D eigenvalue weighted by molar-refractivity contribution is -0.0675. The van der Waals surface area contributed by atoms with E-state index in [-0.39, 0.29) is 12.4 Å². The first-order valence-electron chi connectivity index (χ1n) is 4.85. The average Bonchev–Trinajstić information content (AvgIpc) is 1.93. The molecule has 2 aliphatic rings. The van der Waals surface area contributed by atoms with Gasteiger partial charge < -0.3 is 10.1 Å². The third kappa shape index (κ3) is 2.15.